The number of carbonyl (C=O) groups excluding carboxylic acids is 2. The van der Waals surface area contributed by atoms with Crippen LogP contribution in [-0.2, 0) is 9.59 Å². The zero-order valence-electron chi connectivity index (χ0n) is 7.25. The van der Waals surface area contributed by atoms with Crippen LogP contribution in [0, 0.1) is 16.7 Å². The van der Waals surface area contributed by atoms with Gasteiger partial charge in [0.05, 0.1) is 11.5 Å². The minimum absolute atomic E-state index is 0.0839. The second-order valence-electron chi connectivity index (χ2n) is 3.75. The van der Waals surface area contributed by atoms with Crippen molar-refractivity contribution in [2.45, 2.75) is 25.7 Å². The van der Waals surface area contributed by atoms with E-state index in [-0.39, 0.29) is 18.4 Å². The van der Waals surface area contributed by atoms with Gasteiger partial charge in [0.25, 0.3) is 0 Å². The molecule has 2 aliphatic rings. The fraction of sp³-hybridized carbons (Fsp3) is 0.667. The molecule has 2 amide bonds. The lowest BCUT2D eigenvalue weighted by molar-refractivity contribution is -0.142. The topological polar surface area (TPSA) is 61.2 Å². The first-order valence-electron chi connectivity index (χ1n) is 4.41. The number of hydrogen-bond acceptors (Lipinski definition) is 3. The van der Waals surface area contributed by atoms with Gasteiger partial charge in [-0.1, -0.05) is 6.42 Å². The summed E-state index contributed by atoms with van der Waals surface area (Å²) < 4.78 is 0. The van der Waals surface area contributed by atoms with E-state index in [1.807, 2.05) is 6.07 Å². The van der Waals surface area contributed by atoms with E-state index in [4.69, 9.17) is 5.26 Å². The molecule has 1 saturated heterocycles. The van der Waals surface area contributed by atoms with Gasteiger partial charge in [-0.15, -0.1) is 0 Å². The monoisotopic (exact) mass is 178 g/mol. The summed E-state index contributed by atoms with van der Waals surface area (Å²) in [5.41, 5.74) is -0.395. The number of hydrogen-bond donors (Lipinski definition) is 0. The van der Waals surface area contributed by atoms with E-state index >= 15 is 0 Å². The first-order valence-corrected chi connectivity index (χ1v) is 4.41. The van der Waals surface area contributed by atoms with E-state index in [0.29, 0.717) is 6.42 Å². The molecule has 4 heteroatoms. The van der Waals surface area contributed by atoms with Crippen molar-refractivity contribution < 1.29 is 9.59 Å². The Bertz CT molecular complexity index is 312. The van der Waals surface area contributed by atoms with Crippen LogP contribution in [-0.4, -0.2) is 23.3 Å². The Morgan fingerprint density at radius 1 is 1.46 bits per heavy atom. The fourth-order valence-electron chi connectivity index (χ4n) is 2.08. The Morgan fingerprint density at radius 2 is 2.15 bits per heavy atom. The molecule has 1 aliphatic heterocycles. The Kier molecular flexibility index (Phi) is 1.62. The molecule has 0 aromatic carbocycles. The predicted octanol–water partition coefficient (Wildman–Crippen LogP) is 0.439. The van der Waals surface area contributed by atoms with Gasteiger partial charge in [-0.25, -0.2) is 0 Å². The first-order chi connectivity index (χ1) is 6.19. The minimum Gasteiger partial charge on any atom is -0.274 e. The third-order valence-corrected chi connectivity index (χ3v) is 3.03. The maximum atomic E-state index is 11.7. The molecule has 0 aromatic heterocycles. The minimum atomic E-state index is -0.395. The smallest absolute Gasteiger partial charge is 0.236 e. The number of nitriles is 1. The van der Waals surface area contributed by atoms with Crippen LogP contribution >= 0.6 is 0 Å². The molecule has 1 spiro atoms. The van der Waals surface area contributed by atoms with Crippen molar-refractivity contribution in [2.24, 2.45) is 5.41 Å². The molecule has 1 aliphatic carbocycles. The number of carbonyl (C=O) groups is 2. The predicted molar refractivity (Wildman–Crippen MR) is 43.2 cm³/mol. The van der Waals surface area contributed by atoms with Crippen LogP contribution in [0.4, 0.5) is 0 Å². The van der Waals surface area contributed by atoms with Crippen molar-refractivity contribution >= 4 is 11.8 Å². The quantitative estimate of drug-likeness (QED) is 0.432. The van der Waals surface area contributed by atoms with E-state index < -0.39 is 5.41 Å². The molecule has 0 radical (unpaired) electrons. The fourth-order valence-corrected chi connectivity index (χ4v) is 2.08. The van der Waals surface area contributed by atoms with Crippen molar-refractivity contribution in [3.63, 3.8) is 0 Å². The average Bonchev–Trinajstić information content (AvgIpc) is 2.28. The Balaban J connectivity index is 2.20. The maximum Gasteiger partial charge on any atom is 0.236 e. The summed E-state index contributed by atoms with van der Waals surface area (Å²) in [5, 5.41) is 8.43. The van der Waals surface area contributed by atoms with Crippen LogP contribution in [0.15, 0.2) is 0 Å². The lowest BCUT2D eigenvalue weighted by atomic mass is 9.68. The average molecular weight is 178 g/mol. The number of likely N-dealkylation sites (tertiary alicyclic amines) is 1. The van der Waals surface area contributed by atoms with Gasteiger partial charge in [-0.2, -0.15) is 5.26 Å². The molecule has 13 heavy (non-hydrogen) atoms. The van der Waals surface area contributed by atoms with E-state index in [2.05, 4.69) is 0 Å². The lowest BCUT2D eigenvalue weighted by Crippen LogP contribution is -2.39. The van der Waals surface area contributed by atoms with Gasteiger partial charge in [-0.3, -0.25) is 14.5 Å². The Labute approximate surface area is 76.1 Å². The Morgan fingerprint density at radius 3 is 2.54 bits per heavy atom. The highest BCUT2D eigenvalue weighted by atomic mass is 16.2. The summed E-state index contributed by atoms with van der Waals surface area (Å²) in [5.74, 6) is -0.295. The van der Waals surface area contributed by atoms with Crippen LogP contribution in [0.3, 0.4) is 0 Å². The van der Waals surface area contributed by atoms with Crippen molar-refractivity contribution in [2.75, 3.05) is 6.54 Å². The molecule has 0 unspecified atom stereocenters. The van der Waals surface area contributed by atoms with Gasteiger partial charge in [0.1, 0.15) is 6.54 Å². The molecular weight excluding hydrogens is 168 g/mol. The normalized spacial score (nSPS) is 24.7. The van der Waals surface area contributed by atoms with Crippen LogP contribution in [0.5, 0.6) is 0 Å². The van der Waals surface area contributed by atoms with Crippen molar-refractivity contribution in [1.29, 1.82) is 5.26 Å². The zero-order chi connectivity index (χ0) is 9.47. The number of rotatable bonds is 1. The van der Waals surface area contributed by atoms with Gasteiger partial charge in [0, 0.05) is 6.42 Å². The maximum absolute atomic E-state index is 11.7. The summed E-state index contributed by atoms with van der Waals surface area (Å²) in [6.45, 7) is -0.0839. The molecule has 0 aromatic rings. The number of amides is 2. The van der Waals surface area contributed by atoms with Crippen molar-refractivity contribution in [1.82, 2.24) is 4.90 Å². The molecular formula is C9H10N2O2. The molecule has 0 N–H and O–H groups in total. The highest BCUT2D eigenvalue weighted by Gasteiger charge is 2.54. The molecule has 68 valence electrons. The molecule has 0 atom stereocenters. The van der Waals surface area contributed by atoms with Gasteiger partial charge in [0.15, 0.2) is 0 Å². The molecule has 0 bridgehead atoms. The molecule has 2 rings (SSSR count). The van der Waals surface area contributed by atoms with Gasteiger partial charge in [0.2, 0.25) is 11.8 Å². The van der Waals surface area contributed by atoms with Gasteiger partial charge in [-0.05, 0) is 12.8 Å². The van der Waals surface area contributed by atoms with E-state index in [1.54, 1.807) is 0 Å². The Hall–Kier alpha value is -1.37. The highest BCUT2D eigenvalue weighted by molar-refractivity contribution is 6.06. The summed E-state index contributed by atoms with van der Waals surface area (Å²) in [6, 6.07) is 1.84. The standard InChI is InChI=1S/C9H10N2O2/c10-4-5-11-7(12)6-9(8(11)13)2-1-3-9/h1-3,5-6H2. The zero-order valence-corrected chi connectivity index (χ0v) is 7.25. The van der Waals surface area contributed by atoms with Crippen molar-refractivity contribution in [3.05, 3.63) is 0 Å². The SMILES string of the molecule is N#CCN1C(=O)CC2(CCC2)C1=O. The third-order valence-electron chi connectivity index (χ3n) is 3.03. The third kappa shape index (κ3) is 0.966. The van der Waals surface area contributed by atoms with Crippen LogP contribution in [0.2, 0.25) is 0 Å². The first kappa shape index (κ1) is 8.24. The van der Waals surface area contributed by atoms with Gasteiger partial charge >= 0.3 is 0 Å². The second-order valence-corrected chi connectivity index (χ2v) is 3.75. The number of imide groups is 1. The highest BCUT2D eigenvalue weighted by Crippen LogP contribution is 2.49. The molecule has 4 nitrogen and oxygen atoms in total. The van der Waals surface area contributed by atoms with Crippen LogP contribution < -0.4 is 0 Å². The van der Waals surface area contributed by atoms with E-state index in [1.165, 1.54) is 0 Å². The molecule has 2 fully saturated rings. The summed E-state index contributed by atoms with van der Waals surface area (Å²) in [4.78, 5) is 24.1. The lowest BCUT2D eigenvalue weighted by Gasteiger charge is -2.34. The van der Waals surface area contributed by atoms with Crippen LogP contribution in [0.25, 0.3) is 0 Å². The summed E-state index contributed by atoms with van der Waals surface area (Å²) >= 11 is 0. The summed E-state index contributed by atoms with van der Waals surface area (Å²) in [7, 11) is 0. The summed E-state index contributed by atoms with van der Waals surface area (Å²) in [6.07, 6.45) is 2.99. The second kappa shape index (κ2) is 2.56. The van der Waals surface area contributed by atoms with Crippen molar-refractivity contribution in [3.8, 4) is 6.07 Å². The molecule has 1 saturated carbocycles. The van der Waals surface area contributed by atoms with E-state index in [0.717, 1.165) is 24.2 Å². The largest absolute Gasteiger partial charge is 0.274 e. The molecule has 1 heterocycles. The number of nitrogens with zero attached hydrogens (tertiary/aromatic N) is 2. The van der Waals surface area contributed by atoms with Gasteiger partial charge < -0.3 is 0 Å². The van der Waals surface area contributed by atoms with Crippen LogP contribution in [0.1, 0.15) is 25.7 Å². The van der Waals surface area contributed by atoms with E-state index in [9.17, 15) is 9.59 Å².